The number of rotatable bonds is 4. The summed E-state index contributed by atoms with van der Waals surface area (Å²) in [6, 6.07) is 17.1. The van der Waals surface area contributed by atoms with Crippen LogP contribution in [0.2, 0.25) is 0 Å². The van der Waals surface area contributed by atoms with Crippen molar-refractivity contribution in [3.05, 3.63) is 76.9 Å². The molecule has 1 aliphatic rings. The van der Waals surface area contributed by atoms with E-state index < -0.39 is 0 Å². The Morgan fingerprint density at radius 2 is 1.90 bits per heavy atom. The molecule has 0 aromatic heterocycles. The summed E-state index contributed by atoms with van der Waals surface area (Å²) in [6.45, 7) is 2.77. The van der Waals surface area contributed by atoms with E-state index in [1.807, 2.05) is 6.07 Å². The molecule has 0 amide bonds. The van der Waals surface area contributed by atoms with Crippen LogP contribution in [0.3, 0.4) is 0 Å². The fourth-order valence-corrected chi connectivity index (χ4v) is 2.88. The van der Waals surface area contributed by atoms with Crippen LogP contribution in [-0.2, 0) is 11.2 Å². The molecule has 1 heteroatoms. The molecule has 20 heavy (non-hydrogen) atoms. The molecule has 0 heterocycles. The Balaban J connectivity index is 2.07. The van der Waals surface area contributed by atoms with Crippen molar-refractivity contribution in [2.45, 2.75) is 25.9 Å². The van der Waals surface area contributed by atoms with Crippen molar-refractivity contribution >= 4 is 6.08 Å². The molecule has 1 aliphatic carbocycles. The topological polar surface area (TPSA) is 9.23 Å². The van der Waals surface area contributed by atoms with Gasteiger partial charge < -0.3 is 4.74 Å². The molecule has 1 atom stereocenters. The quantitative estimate of drug-likeness (QED) is 0.772. The number of benzene rings is 2. The van der Waals surface area contributed by atoms with Gasteiger partial charge in [0.25, 0.3) is 0 Å². The zero-order valence-electron chi connectivity index (χ0n) is 11.9. The molecule has 2 aromatic rings. The number of hydrogen-bond acceptors (Lipinski definition) is 1. The summed E-state index contributed by atoms with van der Waals surface area (Å²) in [5.41, 5.74) is 5.29. The van der Waals surface area contributed by atoms with Gasteiger partial charge >= 0.3 is 0 Å². The highest BCUT2D eigenvalue weighted by Crippen LogP contribution is 2.33. The molecule has 0 N–H and O–H groups in total. The Kier molecular flexibility index (Phi) is 3.98. The van der Waals surface area contributed by atoms with E-state index in [1.54, 1.807) is 0 Å². The normalized spacial score (nSPS) is 14.8. The van der Waals surface area contributed by atoms with Crippen LogP contribution in [0, 0.1) is 0 Å². The summed E-state index contributed by atoms with van der Waals surface area (Å²) in [4.78, 5) is 0. The molecular weight excluding hydrogens is 244 g/mol. The maximum absolute atomic E-state index is 6.05. The summed E-state index contributed by atoms with van der Waals surface area (Å²) in [6.07, 6.45) is 6.82. The van der Waals surface area contributed by atoms with Crippen LogP contribution in [0.1, 0.15) is 41.7 Å². The zero-order chi connectivity index (χ0) is 13.8. The zero-order valence-corrected chi connectivity index (χ0v) is 11.9. The van der Waals surface area contributed by atoms with Crippen molar-refractivity contribution in [2.75, 3.05) is 6.61 Å². The van der Waals surface area contributed by atoms with Crippen LogP contribution in [0.5, 0.6) is 0 Å². The van der Waals surface area contributed by atoms with E-state index in [1.165, 1.54) is 22.3 Å². The fourth-order valence-electron chi connectivity index (χ4n) is 2.88. The summed E-state index contributed by atoms with van der Waals surface area (Å²) in [7, 11) is 0. The minimum Gasteiger partial charge on any atom is -0.369 e. The molecule has 102 valence electrons. The van der Waals surface area contributed by atoms with Crippen molar-refractivity contribution in [3.8, 4) is 0 Å². The molecule has 2 aromatic carbocycles. The molecule has 3 rings (SSSR count). The summed E-state index contributed by atoms with van der Waals surface area (Å²) < 4.78 is 6.05. The first-order valence-corrected chi connectivity index (χ1v) is 7.35. The van der Waals surface area contributed by atoms with Crippen LogP contribution in [0.25, 0.3) is 6.08 Å². The predicted molar refractivity (Wildman–Crippen MR) is 83.7 cm³/mol. The first-order valence-electron chi connectivity index (χ1n) is 7.35. The van der Waals surface area contributed by atoms with Gasteiger partial charge in [-0.1, -0.05) is 60.7 Å². The van der Waals surface area contributed by atoms with Gasteiger partial charge in [0.1, 0.15) is 6.10 Å². The Morgan fingerprint density at radius 1 is 1.05 bits per heavy atom. The molecule has 0 aliphatic heterocycles. The minimum absolute atomic E-state index is 0.0268. The lowest BCUT2D eigenvalue weighted by atomic mass is 9.89. The largest absolute Gasteiger partial charge is 0.369 e. The molecule has 1 nitrogen and oxygen atoms in total. The van der Waals surface area contributed by atoms with E-state index in [9.17, 15) is 0 Å². The van der Waals surface area contributed by atoms with Crippen LogP contribution in [0.4, 0.5) is 0 Å². The standard InChI is InChI=1S/C19H20O/c1-2-20-19(16-10-4-3-5-11-16)18-14-8-12-15-9-6-7-13-17(15)18/h3-5,7-8,10-14,19H,2,6,9H2,1H3. The Labute approximate surface area is 120 Å². The van der Waals surface area contributed by atoms with E-state index in [4.69, 9.17) is 4.74 Å². The van der Waals surface area contributed by atoms with Gasteiger partial charge in [0.2, 0.25) is 0 Å². The number of aryl methyl sites for hydroxylation is 1. The fraction of sp³-hybridized carbons (Fsp3) is 0.263. The third-order valence-corrected chi connectivity index (χ3v) is 3.81. The van der Waals surface area contributed by atoms with Gasteiger partial charge in [-0.05, 0) is 42.0 Å². The van der Waals surface area contributed by atoms with Crippen molar-refractivity contribution in [1.29, 1.82) is 0 Å². The van der Waals surface area contributed by atoms with Gasteiger partial charge in [0.05, 0.1) is 0 Å². The maximum atomic E-state index is 6.05. The van der Waals surface area contributed by atoms with Gasteiger partial charge in [-0.15, -0.1) is 0 Å². The highest BCUT2D eigenvalue weighted by Gasteiger charge is 2.19. The van der Waals surface area contributed by atoms with Gasteiger partial charge in [0, 0.05) is 6.61 Å². The predicted octanol–water partition coefficient (Wildman–Crippen LogP) is 4.77. The molecule has 0 saturated carbocycles. The van der Waals surface area contributed by atoms with Gasteiger partial charge in [-0.2, -0.15) is 0 Å². The Hall–Kier alpha value is -1.86. The van der Waals surface area contributed by atoms with E-state index in [0.29, 0.717) is 6.61 Å². The second-order valence-corrected chi connectivity index (χ2v) is 5.11. The third-order valence-electron chi connectivity index (χ3n) is 3.81. The molecule has 0 saturated heterocycles. The summed E-state index contributed by atoms with van der Waals surface area (Å²) >= 11 is 0. The number of fused-ring (bicyclic) bond motifs is 1. The highest BCUT2D eigenvalue weighted by molar-refractivity contribution is 5.61. The SMILES string of the molecule is CCOC(c1ccccc1)c1cccc2c1C=CCC2. The molecule has 0 spiro atoms. The average molecular weight is 264 g/mol. The lowest BCUT2D eigenvalue weighted by molar-refractivity contribution is 0.0911. The van der Waals surface area contributed by atoms with Crippen LogP contribution in [0.15, 0.2) is 54.6 Å². The molecule has 1 unspecified atom stereocenters. The maximum Gasteiger partial charge on any atom is 0.108 e. The van der Waals surface area contributed by atoms with E-state index in [0.717, 1.165) is 12.8 Å². The Morgan fingerprint density at radius 3 is 2.70 bits per heavy atom. The molecule has 0 fully saturated rings. The molecule has 0 radical (unpaired) electrons. The number of hydrogen-bond donors (Lipinski definition) is 0. The first kappa shape index (κ1) is 13.1. The molecule has 0 bridgehead atoms. The van der Waals surface area contributed by atoms with Crippen molar-refractivity contribution in [3.63, 3.8) is 0 Å². The molecular formula is C19H20O. The van der Waals surface area contributed by atoms with Crippen molar-refractivity contribution in [1.82, 2.24) is 0 Å². The number of ether oxygens (including phenoxy) is 1. The van der Waals surface area contributed by atoms with Gasteiger partial charge in [0.15, 0.2) is 0 Å². The van der Waals surface area contributed by atoms with E-state index in [-0.39, 0.29) is 6.10 Å². The highest BCUT2D eigenvalue weighted by atomic mass is 16.5. The Bertz CT molecular complexity index is 598. The monoisotopic (exact) mass is 264 g/mol. The average Bonchev–Trinajstić information content (AvgIpc) is 2.53. The van der Waals surface area contributed by atoms with Crippen LogP contribution in [-0.4, -0.2) is 6.61 Å². The smallest absolute Gasteiger partial charge is 0.108 e. The second-order valence-electron chi connectivity index (χ2n) is 5.11. The van der Waals surface area contributed by atoms with Crippen molar-refractivity contribution < 1.29 is 4.74 Å². The van der Waals surface area contributed by atoms with E-state index >= 15 is 0 Å². The van der Waals surface area contributed by atoms with Gasteiger partial charge in [-0.25, -0.2) is 0 Å². The lowest BCUT2D eigenvalue weighted by Gasteiger charge is -2.23. The summed E-state index contributed by atoms with van der Waals surface area (Å²) in [5.74, 6) is 0. The number of allylic oxidation sites excluding steroid dienone is 1. The van der Waals surface area contributed by atoms with Crippen molar-refractivity contribution in [2.24, 2.45) is 0 Å². The second kappa shape index (κ2) is 6.06. The van der Waals surface area contributed by atoms with Gasteiger partial charge in [-0.3, -0.25) is 0 Å². The minimum atomic E-state index is 0.0268. The lowest BCUT2D eigenvalue weighted by Crippen LogP contribution is -2.10. The first-order chi connectivity index (χ1) is 9.90. The third kappa shape index (κ3) is 2.54. The van der Waals surface area contributed by atoms with E-state index in [2.05, 4.69) is 61.5 Å². The summed E-state index contributed by atoms with van der Waals surface area (Å²) in [5, 5.41) is 0. The van der Waals surface area contributed by atoms with Crippen LogP contribution >= 0.6 is 0 Å². The van der Waals surface area contributed by atoms with Crippen LogP contribution < -0.4 is 0 Å².